The van der Waals surface area contributed by atoms with Crippen LogP contribution in [0, 0.1) is 0 Å². The number of carbonyl (C=O) groups is 1. The molecule has 0 aliphatic carbocycles. The molecular weight excluding hydrogens is 224 g/mol. The molecule has 17 heavy (non-hydrogen) atoms. The fourth-order valence-corrected chi connectivity index (χ4v) is 1.12. The van der Waals surface area contributed by atoms with Crippen LogP contribution >= 0.6 is 0 Å². The number of hydrogen-bond donors (Lipinski definition) is 2. The zero-order valence-electron chi connectivity index (χ0n) is 11.1. The molecule has 0 radical (unpaired) electrons. The normalized spacial score (nSPS) is 14.4. The third-order valence-electron chi connectivity index (χ3n) is 2.13. The molecule has 0 fully saturated rings. The number of methoxy groups -OCH3 is 1. The van der Waals surface area contributed by atoms with Crippen molar-refractivity contribution in [2.75, 3.05) is 47.5 Å². The number of nitrogens with one attached hydrogen (secondary N) is 1. The Labute approximate surface area is 103 Å². The Kier molecular flexibility index (Phi) is 8.97. The summed E-state index contributed by atoms with van der Waals surface area (Å²) in [5.41, 5.74) is 0. The zero-order chi connectivity index (χ0) is 13.3. The van der Waals surface area contributed by atoms with Crippen molar-refractivity contribution >= 4 is 5.91 Å². The van der Waals surface area contributed by atoms with Crippen LogP contribution in [0.3, 0.4) is 0 Å². The third-order valence-corrected chi connectivity index (χ3v) is 2.13. The summed E-state index contributed by atoms with van der Waals surface area (Å²) in [6, 6.07) is 0. The molecule has 1 amide bonds. The summed E-state index contributed by atoms with van der Waals surface area (Å²) in [4.78, 5) is 12.7. The first kappa shape index (κ1) is 16.3. The molecule has 0 bridgehead atoms. The molecule has 0 aliphatic heterocycles. The summed E-state index contributed by atoms with van der Waals surface area (Å²) in [5.74, 6) is -0.0223. The SMILES string of the molecule is COCC(C)OCC(O)CNCC(=O)N(C)C. The topological polar surface area (TPSA) is 71.0 Å². The first-order valence-corrected chi connectivity index (χ1v) is 5.66. The highest BCUT2D eigenvalue weighted by molar-refractivity contribution is 5.77. The first-order chi connectivity index (χ1) is 7.97. The fraction of sp³-hybridized carbons (Fsp3) is 0.909. The van der Waals surface area contributed by atoms with Gasteiger partial charge in [0.15, 0.2) is 0 Å². The number of carbonyl (C=O) groups excluding carboxylic acids is 1. The van der Waals surface area contributed by atoms with Crippen molar-refractivity contribution in [1.29, 1.82) is 0 Å². The number of aliphatic hydroxyl groups excluding tert-OH is 1. The predicted molar refractivity (Wildman–Crippen MR) is 64.9 cm³/mol. The van der Waals surface area contributed by atoms with Crippen molar-refractivity contribution in [3.63, 3.8) is 0 Å². The maximum atomic E-state index is 11.2. The summed E-state index contributed by atoms with van der Waals surface area (Å²) >= 11 is 0. The van der Waals surface area contributed by atoms with Gasteiger partial charge < -0.3 is 24.8 Å². The van der Waals surface area contributed by atoms with E-state index >= 15 is 0 Å². The van der Waals surface area contributed by atoms with Gasteiger partial charge in [-0.3, -0.25) is 4.79 Å². The molecule has 0 heterocycles. The van der Waals surface area contributed by atoms with Crippen LogP contribution in [0.4, 0.5) is 0 Å². The first-order valence-electron chi connectivity index (χ1n) is 5.66. The lowest BCUT2D eigenvalue weighted by Crippen LogP contribution is -2.38. The monoisotopic (exact) mass is 248 g/mol. The van der Waals surface area contributed by atoms with Crippen LogP contribution in [-0.2, 0) is 14.3 Å². The summed E-state index contributed by atoms with van der Waals surface area (Å²) < 4.78 is 10.2. The van der Waals surface area contributed by atoms with Crippen molar-refractivity contribution in [2.45, 2.75) is 19.1 Å². The van der Waals surface area contributed by atoms with Gasteiger partial charge in [0.25, 0.3) is 0 Å². The van der Waals surface area contributed by atoms with Crippen LogP contribution < -0.4 is 5.32 Å². The number of likely N-dealkylation sites (N-methyl/N-ethyl adjacent to an activating group) is 1. The number of ether oxygens (including phenoxy) is 2. The number of rotatable bonds is 9. The average Bonchev–Trinajstić information content (AvgIpc) is 2.26. The largest absolute Gasteiger partial charge is 0.389 e. The summed E-state index contributed by atoms with van der Waals surface area (Å²) in [6.45, 7) is 3.16. The van der Waals surface area contributed by atoms with Crippen LogP contribution in [0.5, 0.6) is 0 Å². The average molecular weight is 248 g/mol. The minimum absolute atomic E-state index is 0.0223. The molecule has 0 aliphatic rings. The second-order valence-electron chi connectivity index (χ2n) is 4.17. The predicted octanol–water partition coefficient (Wildman–Crippen LogP) is -0.923. The Morgan fingerprint density at radius 1 is 1.41 bits per heavy atom. The Bertz CT molecular complexity index is 212. The summed E-state index contributed by atoms with van der Waals surface area (Å²) in [7, 11) is 4.98. The second kappa shape index (κ2) is 9.35. The van der Waals surface area contributed by atoms with Gasteiger partial charge in [-0.05, 0) is 6.92 Å². The molecule has 6 nitrogen and oxygen atoms in total. The number of aliphatic hydroxyl groups is 1. The fourth-order valence-electron chi connectivity index (χ4n) is 1.12. The van der Waals surface area contributed by atoms with Gasteiger partial charge in [-0.25, -0.2) is 0 Å². The maximum absolute atomic E-state index is 11.2. The molecule has 102 valence electrons. The van der Waals surface area contributed by atoms with Crippen LogP contribution in [0.15, 0.2) is 0 Å². The minimum Gasteiger partial charge on any atom is -0.389 e. The molecule has 0 spiro atoms. The van der Waals surface area contributed by atoms with Gasteiger partial charge in [-0.15, -0.1) is 0 Å². The Hall–Kier alpha value is -0.690. The van der Waals surface area contributed by atoms with Crippen LogP contribution in [0.1, 0.15) is 6.92 Å². The molecular formula is C11H24N2O4. The van der Waals surface area contributed by atoms with Crippen LogP contribution in [0.25, 0.3) is 0 Å². The van der Waals surface area contributed by atoms with E-state index in [4.69, 9.17) is 9.47 Å². The summed E-state index contributed by atoms with van der Waals surface area (Å²) in [5, 5.41) is 12.4. The van der Waals surface area contributed by atoms with E-state index in [1.807, 2.05) is 6.92 Å². The highest BCUT2D eigenvalue weighted by atomic mass is 16.5. The van der Waals surface area contributed by atoms with E-state index in [2.05, 4.69) is 5.32 Å². The highest BCUT2D eigenvalue weighted by Gasteiger charge is 2.09. The van der Waals surface area contributed by atoms with Gasteiger partial charge in [0.05, 0.1) is 32.0 Å². The van der Waals surface area contributed by atoms with E-state index in [1.165, 1.54) is 4.90 Å². The molecule has 2 unspecified atom stereocenters. The molecule has 0 aromatic heterocycles. The second-order valence-corrected chi connectivity index (χ2v) is 4.17. The van der Waals surface area contributed by atoms with Crippen LogP contribution in [-0.4, -0.2) is 75.6 Å². The zero-order valence-corrected chi connectivity index (χ0v) is 11.1. The molecule has 0 aromatic carbocycles. The van der Waals surface area contributed by atoms with Crippen LogP contribution in [0.2, 0.25) is 0 Å². The van der Waals surface area contributed by atoms with Crippen molar-refractivity contribution < 1.29 is 19.4 Å². The lowest BCUT2D eigenvalue weighted by atomic mass is 10.3. The molecule has 2 N–H and O–H groups in total. The van der Waals surface area contributed by atoms with E-state index in [0.29, 0.717) is 13.2 Å². The Balaban J connectivity index is 3.53. The van der Waals surface area contributed by atoms with E-state index in [1.54, 1.807) is 21.2 Å². The van der Waals surface area contributed by atoms with Gasteiger partial charge in [-0.2, -0.15) is 0 Å². The van der Waals surface area contributed by atoms with Crippen molar-refractivity contribution in [3.05, 3.63) is 0 Å². The van der Waals surface area contributed by atoms with Gasteiger partial charge in [0, 0.05) is 27.7 Å². The lowest BCUT2D eigenvalue weighted by Gasteiger charge is -2.17. The Morgan fingerprint density at radius 2 is 2.06 bits per heavy atom. The number of nitrogens with zero attached hydrogens (tertiary/aromatic N) is 1. The number of hydrogen-bond acceptors (Lipinski definition) is 5. The smallest absolute Gasteiger partial charge is 0.236 e. The third kappa shape index (κ3) is 9.05. The molecule has 2 atom stereocenters. The van der Waals surface area contributed by atoms with Crippen molar-refractivity contribution in [2.24, 2.45) is 0 Å². The van der Waals surface area contributed by atoms with Gasteiger partial charge in [0.2, 0.25) is 5.91 Å². The minimum atomic E-state index is -0.621. The van der Waals surface area contributed by atoms with Gasteiger partial charge >= 0.3 is 0 Å². The van der Waals surface area contributed by atoms with Crippen molar-refractivity contribution in [1.82, 2.24) is 10.2 Å². The molecule has 0 rings (SSSR count). The number of amides is 1. The lowest BCUT2D eigenvalue weighted by molar-refractivity contribution is -0.127. The van der Waals surface area contributed by atoms with E-state index in [0.717, 1.165) is 0 Å². The highest BCUT2D eigenvalue weighted by Crippen LogP contribution is 1.93. The maximum Gasteiger partial charge on any atom is 0.236 e. The Morgan fingerprint density at radius 3 is 2.59 bits per heavy atom. The van der Waals surface area contributed by atoms with E-state index < -0.39 is 6.10 Å². The standard InChI is InChI=1S/C11H24N2O4/c1-9(7-16-4)17-8-10(14)5-12-6-11(15)13(2)3/h9-10,12,14H,5-8H2,1-4H3. The van der Waals surface area contributed by atoms with E-state index in [-0.39, 0.29) is 25.2 Å². The molecule has 0 saturated carbocycles. The summed E-state index contributed by atoms with van der Waals surface area (Å²) in [6.07, 6.45) is -0.665. The van der Waals surface area contributed by atoms with E-state index in [9.17, 15) is 9.90 Å². The van der Waals surface area contributed by atoms with Gasteiger partial charge in [0.1, 0.15) is 0 Å². The van der Waals surface area contributed by atoms with Crippen molar-refractivity contribution in [3.8, 4) is 0 Å². The quantitative estimate of drug-likeness (QED) is 0.552. The van der Waals surface area contributed by atoms with Gasteiger partial charge in [-0.1, -0.05) is 0 Å². The molecule has 0 aromatic rings. The molecule has 6 heteroatoms. The molecule has 0 saturated heterocycles.